The molecule has 178 valence electrons. The number of nitrogens with zero attached hydrogens (tertiary/aromatic N) is 3. The molecular weight excluding hydrogens is 446 g/mol. The standard InChI is InChI=1S/C27H31N3O3S/c1-28-14-16-29(17-15-28)24-8-5-9-25-23(24)18-22(34-25)19-33-27(32)30-12-10-21(11-13-30)26(31)20-6-3-2-4-7-20/h2-9,18,21H,10-17,19H2,1H3. The van der Waals surface area contributed by atoms with Crippen LogP contribution in [0.15, 0.2) is 54.6 Å². The smallest absolute Gasteiger partial charge is 0.410 e. The predicted octanol–water partition coefficient (Wildman–Crippen LogP) is 4.88. The summed E-state index contributed by atoms with van der Waals surface area (Å²) in [4.78, 5) is 33.0. The zero-order valence-corrected chi connectivity index (χ0v) is 20.4. The number of amides is 1. The summed E-state index contributed by atoms with van der Waals surface area (Å²) < 4.78 is 6.89. The molecule has 7 heteroatoms. The molecule has 5 rings (SSSR count). The Morgan fingerprint density at radius 1 is 0.941 bits per heavy atom. The van der Waals surface area contributed by atoms with E-state index in [0.29, 0.717) is 25.9 Å². The van der Waals surface area contributed by atoms with E-state index in [4.69, 9.17) is 4.74 Å². The highest BCUT2D eigenvalue weighted by molar-refractivity contribution is 7.19. The minimum Gasteiger partial charge on any atom is -0.444 e. The molecule has 2 aliphatic heterocycles. The van der Waals surface area contributed by atoms with Crippen LogP contribution in [-0.2, 0) is 11.3 Å². The van der Waals surface area contributed by atoms with Gasteiger partial charge in [-0.05, 0) is 38.1 Å². The van der Waals surface area contributed by atoms with Crippen molar-refractivity contribution < 1.29 is 14.3 Å². The number of thiophene rings is 1. The van der Waals surface area contributed by atoms with Crippen LogP contribution in [0.1, 0.15) is 28.1 Å². The third-order valence-corrected chi connectivity index (χ3v) is 8.03. The fourth-order valence-electron chi connectivity index (χ4n) is 4.88. The van der Waals surface area contributed by atoms with E-state index >= 15 is 0 Å². The molecule has 1 aromatic heterocycles. The van der Waals surface area contributed by atoms with Gasteiger partial charge >= 0.3 is 6.09 Å². The molecule has 0 aliphatic carbocycles. The van der Waals surface area contributed by atoms with Crippen LogP contribution in [0.4, 0.5) is 10.5 Å². The summed E-state index contributed by atoms with van der Waals surface area (Å²) in [5, 5.41) is 1.24. The predicted molar refractivity (Wildman–Crippen MR) is 137 cm³/mol. The van der Waals surface area contributed by atoms with Gasteiger partial charge in [0.15, 0.2) is 5.78 Å². The van der Waals surface area contributed by atoms with Crippen molar-refractivity contribution in [2.24, 2.45) is 5.92 Å². The van der Waals surface area contributed by atoms with Crippen LogP contribution in [0.3, 0.4) is 0 Å². The Morgan fingerprint density at radius 2 is 1.68 bits per heavy atom. The number of piperidine rings is 1. The number of piperazine rings is 1. The Balaban J connectivity index is 1.16. The summed E-state index contributed by atoms with van der Waals surface area (Å²) in [6.07, 6.45) is 1.07. The highest BCUT2D eigenvalue weighted by Crippen LogP contribution is 2.34. The number of benzene rings is 2. The summed E-state index contributed by atoms with van der Waals surface area (Å²) in [7, 11) is 2.17. The van der Waals surface area contributed by atoms with Crippen molar-refractivity contribution in [1.29, 1.82) is 0 Å². The zero-order chi connectivity index (χ0) is 23.5. The lowest BCUT2D eigenvalue weighted by atomic mass is 9.89. The summed E-state index contributed by atoms with van der Waals surface area (Å²) in [5.74, 6) is 0.150. The van der Waals surface area contributed by atoms with Gasteiger partial charge in [0.1, 0.15) is 6.61 Å². The zero-order valence-electron chi connectivity index (χ0n) is 19.6. The van der Waals surface area contributed by atoms with Gasteiger partial charge in [-0.3, -0.25) is 4.79 Å². The molecule has 0 spiro atoms. The number of ether oxygens (including phenoxy) is 1. The van der Waals surface area contributed by atoms with Crippen molar-refractivity contribution in [3.8, 4) is 0 Å². The first-order valence-corrected chi connectivity index (χ1v) is 12.9. The summed E-state index contributed by atoms with van der Waals surface area (Å²) in [5.41, 5.74) is 2.02. The summed E-state index contributed by atoms with van der Waals surface area (Å²) in [6, 6.07) is 18.0. The van der Waals surface area contributed by atoms with Crippen LogP contribution in [-0.4, -0.2) is 68.0 Å². The van der Waals surface area contributed by atoms with Crippen LogP contribution in [0.25, 0.3) is 10.1 Å². The molecule has 0 saturated carbocycles. The highest BCUT2D eigenvalue weighted by Gasteiger charge is 2.28. The first kappa shape index (κ1) is 22.9. The molecular formula is C27H31N3O3S. The van der Waals surface area contributed by atoms with Crippen molar-refractivity contribution in [3.63, 3.8) is 0 Å². The Hall–Kier alpha value is -2.90. The maximum Gasteiger partial charge on any atom is 0.410 e. The first-order chi connectivity index (χ1) is 16.6. The molecule has 3 heterocycles. The number of likely N-dealkylation sites (N-methyl/N-ethyl adjacent to an activating group) is 1. The van der Waals surface area contributed by atoms with E-state index in [0.717, 1.165) is 36.6 Å². The maximum atomic E-state index is 12.7. The number of carbonyl (C=O) groups excluding carboxylic acids is 2. The number of hydrogen-bond acceptors (Lipinski definition) is 6. The number of fused-ring (bicyclic) bond motifs is 1. The molecule has 0 radical (unpaired) electrons. The Labute approximate surface area is 204 Å². The number of likely N-dealkylation sites (tertiary alicyclic amines) is 1. The van der Waals surface area contributed by atoms with E-state index in [9.17, 15) is 9.59 Å². The van der Waals surface area contributed by atoms with Crippen molar-refractivity contribution in [2.45, 2.75) is 19.4 Å². The number of rotatable bonds is 5. The maximum absolute atomic E-state index is 12.7. The summed E-state index contributed by atoms with van der Waals surface area (Å²) >= 11 is 1.69. The Bertz CT molecular complexity index is 1150. The minimum absolute atomic E-state index is 0.0259. The quantitative estimate of drug-likeness (QED) is 0.490. The minimum atomic E-state index is -0.289. The number of carbonyl (C=O) groups is 2. The third kappa shape index (κ3) is 4.95. The van der Waals surface area contributed by atoms with Gasteiger partial charge in [-0.15, -0.1) is 11.3 Å². The van der Waals surface area contributed by atoms with Gasteiger partial charge in [0.25, 0.3) is 0 Å². The van der Waals surface area contributed by atoms with E-state index in [1.807, 2.05) is 30.3 Å². The molecule has 2 aliphatic rings. The van der Waals surface area contributed by atoms with E-state index in [1.165, 1.54) is 15.8 Å². The summed E-state index contributed by atoms with van der Waals surface area (Å²) in [6.45, 7) is 5.58. The van der Waals surface area contributed by atoms with E-state index < -0.39 is 0 Å². The molecule has 2 fully saturated rings. The third-order valence-electron chi connectivity index (χ3n) is 6.95. The Morgan fingerprint density at radius 3 is 2.41 bits per heavy atom. The molecule has 0 unspecified atom stereocenters. The number of hydrogen-bond donors (Lipinski definition) is 0. The fraction of sp³-hybridized carbons (Fsp3) is 0.407. The van der Waals surface area contributed by atoms with Crippen LogP contribution < -0.4 is 4.90 Å². The number of Topliss-reactive ketones (excluding diaryl/α,β-unsaturated/α-hetero) is 1. The van der Waals surface area contributed by atoms with Gasteiger partial charge in [-0.25, -0.2) is 4.79 Å². The number of anilines is 1. The molecule has 0 N–H and O–H groups in total. The highest BCUT2D eigenvalue weighted by atomic mass is 32.1. The van der Waals surface area contributed by atoms with E-state index in [-0.39, 0.29) is 24.4 Å². The van der Waals surface area contributed by atoms with Crippen LogP contribution in [0, 0.1) is 5.92 Å². The molecule has 6 nitrogen and oxygen atoms in total. The second-order valence-electron chi connectivity index (χ2n) is 9.24. The van der Waals surface area contributed by atoms with Crippen LogP contribution in [0.2, 0.25) is 0 Å². The first-order valence-electron chi connectivity index (χ1n) is 12.0. The molecule has 2 saturated heterocycles. The van der Waals surface area contributed by atoms with E-state index in [2.05, 4.69) is 41.1 Å². The monoisotopic (exact) mass is 477 g/mol. The second kappa shape index (κ2) is 10.2. The largest absolute Gasteiger partial charge is 0.444 e. The van der Waals surface area contributed by atoms with Gasteiger partial charge < -0.3 is 19.4 Å². The van der Waals surface area contributed by atoms with Gasteiger partial charge in [-0.1, -0.05) is 36.4 Å². The topological polar surface area (TPSA) is 53.1 Å². The van der Waals surface area contributed by atoms with Gasteiger partial charge in [0.05, 0.1) is 0 Å². The van der Waals surface area contributed by atoms with Gasteiger partial charge in [0.2, 0.25) is 0 Å². The molecule has 1 amide bonds. The average molecular weight is 478 g/mol. The van der Waals surface area contributed by atoms with Gasteiger partial charge in [0, 0.05) is 71.4 Å². The second-order valence-corrected chi connectivity index (χ2v) is 10.4. The van der Waals surface area contributed by atoms with Crippen LogP contribution in [0.5, 0.6) is 0 Å². The van der Waals surface area contributed by atoms with Crippen molar-refractivity contribution in [2.75, 3.05) is 51.2 Å². The normalized spacial score (nSPS) is 17.8. The molecule has 0 atom stereocenters. The molecule has 34 heavy (non-hydrogen) atoms. The van der Waals surface area contributed by atoms with Crippen molar-refractivity contribution in [3.05, 3.63) is 65.0 Å². The van der Waals surface area contributed by atoms with Crippen LogP contribution >= 0.6 is 11.3 Å². The average Bonchev–Trinajstić information content (AvgIpc) is 3.31. The lowest BCUT2D eigenvalue weighted by molar-refractivity contribution is 0.0716. The molecule has 0 bridgehead atoms. The molecule has 2 aromatic carbocycles. The lowest BCUT2D eigenvalue weighted by Gasteiger charge is -2.34. The van der Waals surface area contributed by atoms with Crippen molar-refractivity contribution >= 4 is 39.0 Å². The van der Waals surface area contributed by atoms with Gasteiger partial charge in [-0.2, -0.15) is 0 Å². The molecule has 3 aromatic rings. The number of ketones is 1. The van der Waals surface area contributed by atoms with Crippen molar-refractivity contribution in [1.82, 2.24) is 9.80 Å². The Kier molecular flexibility index (Phi) is 6.83. The SMILES string of the molecule is CN1CCN(c2cccc3sc(COC(=O)N4CCC(C(=O)c5ccccc5)CC4)cc23)CC1. The fourth-order valence-corrected chi connectivity index (χ4v) is 5.88. The van der Waals surface area contributed by atoms with E-state index in [1.54, 1.807) is 16.2 Å². The lowest BCUT2D eigenvalue weighted by Crippen LogP contribution is -2.44.